The lowest BCUT2D eigenvalue weighted by Gasteiger charge is -2.44. The lowest BCUT2D eigenvalue weighted by Crippen LogP contribution is -2.46. The molecule has 0 aliphatic carbocycles. The van der Waals surface area contributed by atoms with Crippen molar-refractivity contribution < 1.29 is 21.9 Å². The third-order valence-electron chi connectivity index (χ3n) is 5.68. The summed E-state index contributed by atoms with van der Waals surface area (Å²) in [4.78, 5) is 9.60. The topological polar surface area (TPSA) is 99.9 Å². The summed E-state index contributed by atoms with van der Waals surface area (Å²) < 4.78 is 46.4. The molecule has 0 radical (unpaired) electrons. The third kappa shape index (κ3) is 4.26. The Morgan fingerprint density at radius 3 is 2.27 bits per heavy atom. The molecule has 2 aromatic carbocycles. The maximum Gasteiger partial charge on any atom is 0.394 e. The minimum Gasteiger partial charge on any atom is -0.277 e. The van der Waals surface area contributed by atoms with E-state index in [4.69, 9.17) is 22.5 Å². The average molecular weight is 431 g/mol. The minimum atomic E-state index is -4.67. The first kappa shape index (κ1) is 22.0. The Labute approximate surface area is 175 Å². The second-order valence-electron chi connectivity index (χ2n) is 8.17. The predicted octanol–water partition coefficient (Wildman–Crippen LogP) is 4.63. The van der Waals surface area contributed by atoms with E-state index in [1.165, 1.54) is 6.07 Å². The highest BCUT2D eigenvalue weighted by Gasteiger charge is 2.45. The van der Waals surface area contributed by atoms with Gasteiger partial charge in [0.15, 0.2) is 0 Å². The van der Waals surface area contributed by atoms with Crippen LogP contribution in [0.4, 0.5) is 4.39 Å². The van der Waals surface area contributed by atoms with E-state index in [1.807, 2.05) is 36.5 Å². The molecule has 3 aromatic rings. The van der Waals surface area contributed by atoms with Gasteiger partial charge in [0.05, 0.1) is 16.8 Å². The standard InChI is InChI=1S/C22H21FN2.H2O4S/c1-21(2)19-16(9-7-10-17(19)23)20(25-22(21,3)4)15-12-14-8-5-6-11-18(14)24-13-15;1-5(2,3)4/h5-13H,1-4H3;(H2,1,2,3,4). The summed E-state index contributed by atoms with van der Waals surface area (Å²) in [6.45, 7) is 8.26. The van der Waals surface area contributed by atoms with Gasteiger partial charge >= 0.3 is 10.4 Å². The maximum atomic E-state index is 14.8. The quantitative estimate of drug-likeness (QED) is 0.549. The molecule has 2 N–H and O–H groups in total. The third-order valence-corrected chi connectivity index (χ3v) is 5.68. The van der Waals surface area contributed by atoms with E-state index in [0.717, 1.165) is 33.3 Å². The Balaban J connectivity index is 0.000000461. The number of halogens is 1. The number of rotatable bonds is 1. The largest absolute Gasteiger partial charge is 0.394 e. The first-order valence-electron chi connectivity index (χ1n) is 9.25. The molecule has 6 nitrogen and oxygen atoms in total. The first-order valence-corrected chi connectivity index (χ1v) is 10.7. The number of nitrogens with zero attached hydrogens (tertiary/aromatic N) is 2. The van der Waals surface area contributed by atoms with E-state index < -0.39 is 21.4 Å². The number of para-hydroxylation sites is 1. The number of aromatic nitrogens is 1. The van der Waals surface area contributed by atoms with Gasteiger partial charge in [0, 0.05) is 33.7 Å². The zero-order valence-electron chi connectivity index (χ0n) is 17.1. The van der Waals surface area contributed by atoms with E-state index in [9.17, 15) is 4.39 Å². The molecule has 2 heterocycles. The summed E-state index contributed by atoms with van der Waals surface area (Å²) in [7, 11) is -4.67. The summed E-state index contributed by atoms with van der Waals surface area (Å²) in [5.74, 6) is -0.170. The fraction of sp³-hybridized carbons (Fsp3) is 0.273. The van der Waals surface area contributed by atoms with Gasteiger partial charge in [-0.2, -0.15) is 8.42 Å². The fourth-order valence-electron chi connectivity index (χ4n) is 3.56. The molecule has 1 aliphatic rings. The molecule has 0 unspecified atom stereocenters. The lowest BCUT2D eigenvalue weighted by atomic mass is 9.65. The van der Waals surface area contributed by atoms with Gasteiger partial charge in [0.25, 0.3) is 0 Å². The Bertz CT molecular complexity index is 1240. The Hall–Kier alpha value is -2.68. The van der Waals surface area contributed by atoms with E-state index >= 15 is 0 Å². The highest BCUT2D eigenvalue weighted by molar-refractivity contribution is 7.79. The number of pyridine rings is 1. The van der Waals surface area contributed by atoms with Crippen LogP contribution in [-0.2, 0) is 15.8 Å². The monoisotopic (exact) mass is 430 g/mol. The van der Waals surface area contributed by atoms with Crippen LogP contribution in [0.2, 0.25) is 0 Å². The van der Waals surface area contributed by atoms with E-state index in [1.54, 1.807) is 6.07 Å². The fourth-order valence-corrected chi connectivity index (χ4v) is 3.56. The maximum absolute atomic E-state index is 14.8. The van der Waals surface area contributed by atoms with E-state index in [-0.39, 0.29) is 5.82 Å². The van der Waals surface area contributed by atoms with Gasteiger partial charge in [-0.25, -0.2) is 4.39 Å². The molecule has 0 atom stereocenters. The van der Waals surface area contributed by atoms with Gasteiger partial charge in [-0.1, -0.05) is 44.2 Å². The van der Waals surface area contributed by atoms with Crippen molar-refractivity contribution in [3.63, 3.8) is 0 Å². The van der Waals surface area contributed by atoms with Crippen molar-refractivity contribution in [1.29, 1.82) is 0 Å². The van der Waals surface area contributed by atoms with E-state index in [0.29, 0.717) is 0 Å². The van der Waals surface area contributed by atoms with Gasteiger partial charge in [-0.15, -0.1) is 0 Å². The number of hydrogen-bond donors (Lipinski definition) is 2. The number of benzene rings is 2. The SMILES string of the molecule is CC1(C)N=C(c2cnc3ccccc3c2)c2cccc(F)c2C1(C)C.O=S(=O)(O)O. The second-order valence-corrected chi connectivity index (χ2v) is 9.07. The van der Waals surface area contributed by atoms with Gasteiger partial charge < -0.3 is 0 Å². The molecule has 1 aliphatic heterocycles. The second kappa shape index (κ2) is 7.54. The molecule has 30 heavy (non-hydrogen) atoms. The van der Waals surface area contributed by atoms with Gasteiger partial charge in [-0.05, 0) is 32.0 Å². The summed E-state index contributed by atoms with van der Waals surface area (Å²) in [5.41, 5.74) is 3.46. The van der Waals surface area contributed by atoms with E-state index in [2.05, 4.69) is 38.7 Å². The molecular formula is C22H23FN2O4S. The van der Waals surface area contributed by atoms with Crippen LogP contribution in [0.1, 0.15) is 44.4 Å². The first-order chi connectivity index (χ1) is 13.8. The number of aliphatic imine (C=N–C) groups is 1. The Kier molecular flexibility index (Phi) is 5.53. The van der Waals surface area contributed by atoms with Gasteiger partial charge in [0.2, 0.25) is 0 Å². The van der Waals surface area contributed by atoms with Crippen LogP contribution in [0.3, 0.4) is 0 Å². The van der Waals surface area contributed by atoms with Crippen LogP contribution < -0.4 is 0 Å². The zero-order valence-corrected chi connectivity index (χ0v) is 17.9. The highest BCUT2D eigenvalue weighted by atomic mass is 32.3. The highest BCUT2D eigenvalue weighted by Crippen LogP contribution is 2.45. The minimum absolute atomic E-state index is 0.170. The molecule has 8 heteroatoms. The molecule has 0 spiro atoms. The Morgan fingerprint density at radius 2 is 1.60 bits per heavy atom. The van der Waals surface area contributed by atoms with Crippen LogP contribution in [-0.4, -0.2) is 33.8 Å². The summed E-state index contributed by atoms with van der Waals surface area (Å²) in [6.07, 6.45) is 1.84. The lowest BCUT2D eigenvalue weighted by molar-refractivity contribution is 0.293. The average Bonchev–Trinajstić information content (AvgIpc) is 2.63. The molecule has 0 saturated carbocycles. The van der Waals surface area contributed by atoms with Crippen molar-refractivity contribution in [3.05, 3.63) is 77.2 Å². The summed E-state index contributed by atoms with van der Waals surface area (Å²) >= 11 is 0. The van der Waals surface area contributed by atoms with Crippen molar-refractivity contribution in [1.82, 2.24) is 4.98 Å². The molecule has 1 aromatic heterocycles. The predicted molar refractivity (Wildman–Crippen MR) is 115 cm³/mol. The molecule has 0 saturated heterocycles. The molecule has 0 amide bonds. The van der Waals surface area contributed by atoms with Crippen molar-refractivity contribution in [2.75, 3.05) is 0 Å². The van der Waals surface area contributed by atoms with Crippen molar-refractivity contribution >= 4 is 27.0 Å². The number of hydrogen-bond acceptors (Lipinski definition) is 4. The zero-order chi connectivity index (χ0) is 22.3. The molecular weight excluding hydrogens is 407 g/mol. The van der Waals surface area contributed by atoms with Crippen molar-refractivity contribution in [2.45, 2.75) is 38.6 Å². The van der Waals surface area contributed by atoms with Gasteiger partial charge in [0.1, 0.15) is 5.82 Å². The van der Waals surface area contributed by atoms with Crippen LogP contribution in [0.5, 0.6) is 0 Å². The molecule has 158 valence electrons. The Morgan fingerprint density at radius 1 is 0.967 bits per heavy atom. The van der Waals surface area contributed by atoms with Crippen LogP contribution in [0, 0.1) is 5.82 Å². The molecule has 4 rings (SSSR count). The summed E-state index contributed by atoms with van der Waals surface area (Å²) in [5, 5.41) is 1.06. The molecule has 0 bridgehead atoms. The normalized spacial score (nSPS) is 16.8. The van der Waals surface area contributed by atoms with Crippen molar-refractivity contribution in [3.8, 4) is 0 Å². The van der Waals surface area contributed by atoms with Crippen LogP contribution in [0.15, 0.2) is 59.7 Å². The summed E-state index contributed by atoms with van der Waals surface area (Å²) in [6, 6.07) is 15.3. The molecule has 0 fully saturated rings. The van der Waals surface area contributed by atoms with Crippen LogP contribution >= 0.6 is 0 Å². The van der Waals surface area contributed by atoms with Gasteiger partial charge in [-0.3, -0.25) is 19.1 Å². The van der Waals surface area contributed by atoms with Crippen molar-refractivity contribution in [2.24, 2.45) is 4.99 Å². The van der Waals surface area contributed by atoms with Crippen LogP contribution in [0.25, 0.3) is 10.9 Å². The number of fused-ring (bicyclic) bond motifs is 2. The smallest absolute Gasteiger partial charge is 0.277 e.